The van der Waals surface area contributed by atoms with E-state index in [0.29, 0.717) is 17.1 Å². The average molecular weight is 433 g/mol. The van der Waals surface area contributed by atoms with Gasteiger partial charge in [-0.1, -0.05) is 30.0 Å². The quantitative estimate of drug-likeness (QED) is 0.615. The Morgan fingerprint density at radius 1 is 0.968 bits per heavy atom. The lowest BCUT2D eigenvalue weighted by atomic mass is 10.1. The Morgan fingerprint density at radius 3 is 2.39 bits per heavy atom. The number of nitrogens with one attached hydrogen (secondary N) is 1. The molecule has 6 heteroatoms. The van der Waals surface area contributed by atoms with Crippen molar-refractivity contribution in [3.05, 3.63) is 77.9 Å². The molecule has 5 nitrogen and oxygen atoms in total. The number of fused-ring (bicyclic) bond motifs is 1. The van der Waals surface area contributed by atoms with Gasteiger partial charge in [-0.2, -0.15) is 0 Å². The molecule has 3 aromatic carbocycles. The zero-order valence-corrected chi connectivity index (χ0v) is 18.5. The van der Waals surface area contributed by atoms with Gasteiger partial charge in [0.15, 0.2) is 6.10 Å². The van der Waals surface area contributed by atoms with E-state index >= 15 is 0 Å². The number of benzene rings is 3. The molecule has 2 amide bonds. The van der Waals surface area contributed by atoms with Gasteiger partial charge in [0.1, 0.15) is 5.75 Å². The zero-order valence-electron chi connectivity index (χ0n) is 17.7. The molecule has 0 saturated carbocycles. The van der Waals surface area contributed by atoms with E-state index in [1.165, 1.54) is 22.9 Å². The number of hydrogen-bond acceptors (Lipinski definition) is 4. The molecular weight excluding hydrogens is 408 g/mol. The van der Waals surface area contributed by atoms with Crippen molar-refractivity contribution in [2.24, 2.45) is 0 Å². The maximum atomic E-state index is 12.8. The molecule has 158 valence electrons. The highest BCUT2D eigenvalue weighted by atomic mass is 32.2. The molecule has 1 aliphatic heterocycles. The van der Waals surface area contributed by atoms with Crippen LogP contribution in [0.25, 0.3) is 0 Å². The fourth-order valence-electron chi connectivity index (χ4n) is 3.41. The molecule has 0 aliphatic carbocycles. The molecule has 1 atom stereocenters. The third-order valence-electron chi connectivity index (χ3n) is 5.28. The van der Waals surface area contributed by atoms with Crippen LogP contribution in [0.4, 0.5) is 11.4 Å². The highest BCUT2D eigenvalue weighted by Crippen LogP contribution is 2.34. The summed E-state index contributed by atoms with van der Waals surface area (Å²) in [6, 6.07) is 21.4. The molecule has 0 radical (unpaired) electrons. The van der Waals surface area contributed by atoms with Crippen LogP contribution < -0.4 is 15.0 Å². The minimum atomic E-state index is -0.775. The maximum absolute atomic E-state index is 12.8. The molecule has 0 spiro atoms. The Bertz CT molecular complexity index is 1130. The van der Waals surface area contributed by atoms with E-state index in [4.69, 9.17) is 4.74 Å². The summed E-state index contributed by atoms with van der Waals surface area (Å²) in [6.45, 7) is 5.88. The number of carbonyl (C=O) groups is 2. The predicted molar refractivity (Wildman–Crippen MR) is 124 cm³/mol. The van der Waals surface area contributed by atoms with Crippen molar-refractivity contribution in [2.75, 3.05) is 16.8 Å². The van der Waals surface area contributed by atoms with E-state index in [1.54, 1.807) is 22.7 Å². The van der Waals surface area contributed by atoms with Crippen molar-refractivity contribution in [1.29, 1.82) is 0 Å². The predicted octanol–water partition coefficient (Wildman–Crippen LogP) is 5.21. The number of nitrogens with zero attached hydrogens (tertiary/aromatic N) is 1. The van der Waals surface area contributed by atoms with Crippen LogP contribution in [-0.4, -0.2) is 24.5 Å². The van der Waals surface area contributed by atoms with E-state index in [9.17, 15) is 9.59 Å². The Morgan fingerprint density at radius 2 is 1.68 bits per heavy atom. The van der Waals surface area contributed by atoms with Crippen LogP contribution >= 0.6 is 11.8 Å². The molecule has 0 fully saturated rings. The lowest BCUT2D eigenvalue weighted by Gasteiger charge is -2.33. The van der Waals surface area contributed by atoms with Gasteiger partial charge in [-0.3, -0.25) is 9.59 Å². The number of anilines is 2. The fraction of sp³-hybridized carbons (Fsp3) is 0.200. The molecule has 1 unspecified atom stereocenters. The van der Waals surface area contributed by atoms with Crippen LogP contribution in [0.3, 0.4) is 0 Å². The Labute approximate surface area is 186 Å². The first-order valence-corrected chi connectivity index (χ1v) is 10.9. The van der Waals surface area contributed by atoms with E-state index in [0.717, 1.165) is 4.90 Å². The maximum Gasteiger partial charge on any atom is 0.267 e. The van der Waals surface area contributed by atoms with Crippen LogP contribution in [0.2, 0.25) is 0 Å². The smallest absolute Gasteiger partial charge is 0.267 e. The molecule has 0 aromatic heterocycles. The van der Waals surface area contributed by atoms with E-state index < -0.39 is 6.10 Å². The van der Waals surface area contributed by atoms with Gasteiger partial charge in [0.05, 0.1) is 12.2 Å². The minimum Gasteiger partial charge on any atom is -0.476 e. The third kappa shape index (κ3) is 4.75. The largest absolute Gasteiger partial charge is 0.476 e. The third-order valence-corrected chi connectivity index (χ3v) is 6.28. The van der Waals surface area contributed by atoms with E-state index in [2.05, 4.69) is 37.4 Å². The first-order chi connectivity index (χ1) is 14.9. The lowest BCUT2D eigenvalue weighted by molar-refractivity contribution is -0.123. The van der Waals surface area contributed by atoms with Crippen LogP contribution in [0.1, 0.15) is 18.1 Å². The summed E-state index contributed by atoms with van der Waals surface area (Å²) in [5.74, 6) is 0.126. The molecule has 0 bridgehead atoms. The van der Waals surface area contributed by atoms with Crippen molar-refractivity contribution in [3.63, 3.8) is 0 Å². The van der Waals surface area contributed by atoms with Gasteiger partial charge >= 0.3 is 0 Å². The normalized spacial score (nSPS) is 15.1. The molecular formula is C25H24N2O3S. The fourth-order valence-corrected chi connectivity index (χ4v) is 4.33. The standard InChI is InChI=1S/C25H24N2O3S/c1-16-8-11-21(14-17(16)2)31-20-12-9-19(10-13-20)26-25(29)24-15-27(18(3)28)22-6-4-5-7-23(22)30-24/h4-14,24H,15H2,1-3H3,(H,26,29). The van der Waals surface area contributed by atoms with Crippen molar-refractivity contribution in [3.8, 4) is 5.75 Å². The summed E-state index contributed by atoms with van der Waals surface area (Å²) in [6.07, 6.45) is -0.775. The minimum absolute atomic E-state index is 0.124. The molecule has 4 rings (SSSR count). The zero-order chi connectivity index (χ0) is 22.0. The van der Waals surface area contributed by atoms with Crippen molar-refractivity contribution >= 4 is 35.0 Å². The van der Waals surface area contributed by atoms with E-state index in [-0.39, 0.29) is 18.4 Å². The summed E-state index contributed by atoms with van der Waals surface area (Å²) < 4.78 is 5.86. The summed E-state index contributed by atoms with van der Waals surface area (Å²) in [5.41, 5.74) is 3.92. The number of ether oxygens (including phenoxy) is 1. The van der Waals surface area contributed by atoms with Crippen LogP contribution in [0.15, 0.2) is 76.5 Å². The Kier molecular flexibility index (Phi) is 6.00. The topological polar surface area (TPSA) is 58.6 Å². The number of hydrogen-bond donors (Lipinski definition) is 1. The van der Waals surface area contributed by atoms with Gasteiger partial charge in [0, 0.05) is 22.4 Å². The van der Waals surface area contributed by atoms with Gasteiger partial charge < -0.3 is 15.0 Å². The average Bonchev–Trinajstić information content (AvgIpc) is 2.76. The monoisotopic (exact) mass is 432 g/mol. The number of aryl methyl sites for hydroxylation is 2. The summed E-state index contributed by atoms with van der Waals surface area (Å²) in [4.78, 5) is 28.7. The number of carbonyl (C=O) groups excluding carboxylic acids is 2. The number of rotatable bonds is 4. The van der Waals surface area contributed by atoms with Gasteiger partial charge in [-0.15, -0.1) is 0 Å². The summed E-state index contributed by atoms with van der Waals surface area (Å²) in [7, 11) is 0. The Balaban J connectivity index is 1.43. The number of para-hydroxylation sites is 2. The molecule has 31 heavy (non-hydrogen) atoms. The summed E-state index contributed by atoms with van der Waals surface area (Å²) >= 11 is 1.68. The van der Waals surface area contributed by atoms with Crippen molar-refractivity contribution < 1.29 is 14.3 Å². The second-order valence-electron chi connectivity index (χ2n) is 7.57. The molecule has 1 heterocycles. The van der Waals surface area contributed by atoms with Crippen molar-refractivity contribution in [1.82, 2.24) is 0 Å². The van der Waals surface area contributed by atoms with Gasteiger partial charge in [0.2, 0.25) is 5.91 Å². The summed E-state index contributed by atoms with van der Waals surface area (Å²) in [5, 5.41) is 2.90. The Hall–Kier alpha value is -3.25. The van der Waals surface area contributed by atoms with Gasteiger partial charge in [-0.05, 0) is 73.5 Å². The van der Waals surface area contributed by atoms with Crippen LogP contribution in [0, 0.1) is 13.8 Å². The molecule has 0 saturated heterocycles. The molecule has 1 aliphatic rings. The van der Waals surface area contributed by atoms with Crippen LogP contribution in [0.5, 0.6) is 5.75 Å². The molecule has 1 N–H and O–H groups in total. The van der Waals surface area contributed by atoms with Gasteiger partial charge in [0.25, 0.3) is 5.91 Å². The first kappa shape index (κ1) is 21.0. The lowest BCUT2D eigenvalue weighted by Crippen LogP contribution is -2.48. The molecule has 3 aromatic rings. The van der Waals surface area contributed by atoms with Gasteiger partial charge in [-0.25, -0.2) is 0 Å². The highest BCUT2D eigenvalue weighted by molar-refractivity contribution is 7.99. The highest BCUT2D eigenvalue weighted by Gasteiger charge is 2.32. The van der Waals surface area contributed by atoms with E-state index in [1.807, 2.05) is 42.5 Å². The van der Waals surface area contributed by atoms with Crippen LogP contribution in [-0.2, 0) is 9.59 Å². The second-order valence-corrected chi connectivity index (χ2v) is 8.71. The second kappa shape index (κ2) is 8.86. The number of amides is 2. The first-order valence-electron chi connectivity index (χ1n) is 10.1. The SMILES string of the molecule is CC(=O)N1CC(C(=O)Nc2ccc(Sc3ccc(C)c(C)c3)cc2)Oc2ccccc21. The van der Waals surface area contributed by atoms with Crippen molar-refractivity contribution in [2.45, 2.75) is 36.7 Å².